The van der Waals surface area contributed by atoms with Crippen LogP contribution >= 0.6 is 23.2 Å². The van der Waals surface area contributed by atoms with Crippen molar-refractivity contribution < 1.29 is 22.7 Å². The molecule has 7 rings (SSSR count). The van der Waals surface area contributed by atoms with Crippen molar-refractivity contribution >= 4 is 62.2 Å². The number of nitrogens with one attached hydrogen (secondary N) is 2. The molecule has 0 atom stereocenters. The van der Waals surface area contributed by atoms with Gasteiger partial charge in [-0.1, -0.05) is 47.5 Å². The van der Waals surface area contributed by atoms with Gasteiger partial charge in [-0.25, -0.2) is 18.1 Å². The summed E-state index contributed by atoms with van der Waals surface area (Å²) < 4.78 is 35.8. The number of likely N-dealkylation sites (tertiary alicyclic amines) is 1. The van der Waals surface area contributed by atoms with E-state index in [9.17, 15) is 18.0 Å². The number of piperidine rings is 1. The fourth-order valence-electron chi connectivity index (χ4n) is 5.75. The van der Waals surface area contributed by atoms with Crippen LogP contribution in [0.5, 0.6) is 0 Å². The molecule has 2 aromatic carbocycles. The maximum Gasteiger partial charge on any atom is 0.269 e. The number of halogens is 2. The molecule has 1 saturated heterocycles. The Kier molecular flexibility index (Phi) is 6.84. The van der Waals surface area contributed by atoms with Crippen molar-refractivity contribution in [2.24, 2.45) is 5.92 Å². The van der Waals surface area contributed by atoms with Crippen molar-refractivity contribution in [2.75, 3.05) is 18.4 Å². The van der Waals surface area contributed by atoms with E-state index >= 15 is 0 Å². The van der Waals surface area contributed by atoms with Crippen LogP contribution < -0.4 is 10.0 Å². The molecule has 0 unspecified atom stereocenters. The van der Waals surface area contributed by atoms with E-state index < -0.39 is 21.5 Å². The highest BCUT2D eigenvalue weighted by Crippen LogP contribution is 2.44. The van der Waals surface area contributed by atoms with Crippen LogP contribution in [-0.4, -0.2) is 52.8 Å². The molecule has 1 spiro atoms. The Hall–Kier alpha value is -3.71. The highest BCUT2D eigenvalue weighted by molar-refractivity contribution is 7.90. The summed E-state index contributed by atoms with van der Waals surface area (Å²) in [7, 11) is -4.27. The number of benzene rings is 2. The standard InChI is InChI=1S/C29H26Cl2N6O5S/c30-19-7-8-22(31)23(13-19)34-25-20(14-32-26-24(15-33-37(25)26)43(40,41)35-27(38)17-5-6-17)28(39)36-11-9-29(10-12-36)21-4-2-1-3-18(21)16-42-29/h1-4,7-8,13-15,17,34H,5-6,9-12,16H2,(H,35,38). The minimum Gasteiger partial charge on any atom is -0.365 e. The van der Waals surface area contributed by atoms with E-state index in [4.69, 9.17) is 27.9 Å². The van der Waals surface area contributed by atoms with Gasteiger partial charge in [0.05, 0.1) is 29.1 Å². The van der Waals surface area contributed by atoms with E-state index in [1.165, 1.54) is 21.8 Å². The molecule has 3 aliphatic rings. The Morgan fingerprint density at radius 1 is 1.05 bits per heavy atom. The molecule has 11 nitrogen and oxygen atoms in total. The summed E-state index contributed by atoms with van der Waals surface area (Å²) in [4.78, 5) is 32.1. The summed E-state index contributed by atoms with van der Waals surface area (Å²) in [5.41, 5.74) is 2.37. The number of amides is 2. The predicted octanol–water partition coefficient (Wildman–Crippen LogP) is 4.66. The van der Waals surface area contributed by atoms with E-state index in [1.54, 1.807) is 23.1 Å². The Morgan fingerprint density at radius 3 is 2.58 bits per heavy atom. The van der Waals surface area contributed by atoms with Crippen LogP contribution in [0.2, 0.25) is 10.0 Å². The first kappa shape index (κ1) is 28.1. The molecule has 14 heteroatoms. The summed E-state index contributed by atoms with van der Waals surface area (Å²) >= 11 is 12.7. The summed E-state index contributed by atoms with van der Waals surface area (Å²) in [6, 6.07) is 13.0. The van der Waals surface area contributed by atoms with Crippen LogP contribution in [0.4, 0.5) is 11.5 Å². The first-order valence-electron chi connectivity index (χ1n) is 13.8. The second kappa shape index (κ2) is 10.5. The molecular formula is C29H26Cl2N6O5S. The number of aromatic nitrogens is 3. The first-order chi connectivity index (χ1) is 20.6. The van der Waals surface area contributed by atoms with Gasteiger partial charge in [-0.15, -0.1) is 0 Å². The van der Waals surface area contributed by atoms with Crippen LogP contribution in [0.15, 0.2) is 59.8 Å². The monoisotopic (exact) mass is 640 g/mol. The van der Waals surface area contributed by atoms with Gasteiger partial charge in [-0.05, 0) is 55.0 Å². The number of carbonyl (C=O) groups is 2. The quantitative estimate of drug-likeness (QED) is 0.311. The topological polar surface area (TPSA) is 135 Å². The molecule has 43 heavy (non-hydrogen) atoms. The molecule has 4 aromatic rings. The molecule has 0 radical (unpaired) electrons. The van der Waals surface area contributed by atoms with Crippen LogP contribution in [0.25, 0.3) is 5.65 Å². The SMILES string of the molecule is O=C(NS(=O)(=O)c1cnn2c(Nc3cc(Cl)ccc3Cl)c(C(=O)N3CCC4(CC3)OCc3ccccc34)cnc12)C1CC1. The van der Waals surface area contributed by atoms with E-state index in [0.29, 0.717) is 61.1 Å². The molecule has 2 aliphatic heterocycles. The third-order valence-electron chi connectivity index (χ3n) is 8.25. The van der Waals surface area contributed by atoms with Crippen molar-refractivity contribution in [1.82, 2.24) is 24.2 Å². The number of carbonyl (C=O) groups excluding carboxylic acids is 2. The summed E-state index contributed by atoms with van der Waals surface area (Å²) in [6.45, 7) is 1.42. The predicted molar refractivity (Wildman–Crippen MR) is 159 cm³/mol. The number of hydrogen-bond donors (Lipinski definition) is 2. The average molecular weight is 642 g/mol. The van der Waals surface area contributed by atoms with Gasteiger partial charge in [-0.3, -0.25) is 9.59 Å². The smallest absolute Gasteiger partial charge is 0.269 e. The third-order valence-corrected chi connectivity index (χ3v) is 10.2. The molecule has 222 valence electrons. The number of anilines is 2. The number of sulfonamides is 1. The van der Waals surface area contributed by atoms with Crippen LogP contribution in [-0.2, 0) is 31.8 Å². The normalized spacial score (nSPS) is 17.7. The highest BCUT2D eigenvalue weighted by Gasteiger charge is 2.43. The van der Waals surface area contributed by atoms with E-state index in [-0.39, 0.29) is 33.7 Å². The van der Waals surface area contributed by atoms with E-state index in [2.05, 4.69) is 32.3 Å². The number of ether oxygens (including phenoxy) is 1. The Balaban J connectivity index is 1.24. The molecular weight excluding hydrogens is 615 g/mol. The van der Waals surface area contributed by atoms with Crippen molar-refractivity contribution in [3.63, 3.8) is 0 Å². The zero-order valence-corrected chi connectivity index (χ0v) is 25.0. The van der Waals surface area contributed by atoms with Crippen LogP contribution in [0, 0.1) is 5.92 Å². The molecule has 2 fully saturated rings. The fraction of sp³-hybridized carbons (Fsp3) is 0.310. The fourth-order valence-corrected chi connectivity index (χ4v) is 7.20. The lowest BCUT2D eigenvalue weighted by atomic mass is 9.83. The molecule has 1 aliphatic carbocycles. The third kappa shape index (κ3) is 5.01. The number of fused-ring (bicyclic) bond motifs is 3. The maximum absolute atomic E-state index is 14.0. The van der Waals surface area contributed by atoms with Crippen molar-refractivity contribution in [2.45, 2.75) is 42.8 Å². The van der Waals surface area contributed by atoms with Gasteiger partial charge in [0, 0.05) is 30.2 Å². The van der Waals surface area contributed by atoms with Gasteiger partial charge < -0.3 is 15.0 Å². The van der Waals surface area contributed by atoms with Gasteiger partial charge >= 0.3 is 0 Å². The average Bonchev–Trinajstić information content (AvgIpc) is 3.67. The second-order valence-corrected chi connectivity index (χ2v) is 13.5. The largest absolute Gasteiger partial charge is 0.365 e. The molecule has 2 N–H and O–H groups in total. The minimum absolute atomic E-state index is 0.0677. The van der Waals surface area contributed by atoms with Gasteiger partial charge in [0.15, 0.2) is 10.5 Å². The molecule has 0 bridgehead atoms. The summed E-state index contributed by atoms with van der Waals surface area (Å²) in [5, 5.41) is 8.11. The lowest BCUT2D eigenvalue weighted by Gasteiger charge is -2.39. The lowest BCUT2D eigenvalue weighted by molar-refractivity contribution is -0.120. The Morgan fingerprint density at radius 2 is 1.81 bits per heavy atom. The zero-order chi connectivity index (χ0) is 29.9. The number of nitrogens with zero attached hydrogens (tertiary/aromatic N) is 4. The summed E-state index contributed by atoms with van der Waals surface area (Å²) in [5.74, 6) is -1.05. The molecule has 4 heterocycles. The van der Waals surface area contributed by atoms with Crippen molar-refractivity contribution in [3.05, 3.63) is 81.6 Å². The lowest BCUT2D eigenvalue weighted by Crippen LogP contribution is -2.45. The van der Waals surface area contributed by atoms with E-state index in [1.807, 2.05) is 12.1 Å². The second-order valence-electron chi connectivity index (χ2n) is 11.0. The van der Waals surface area contributed by atoms with Gasteiger partial charge in [0.25, 0.3) is 15.9 Å². The maximum atomic E-state index is 14.0. The number of rotatable bonds is 6. The molecule has 2 amide bonds. The Bertz CT molecular complexity index is 1900. The summed E-state index contributed by atoms with van der Waals surface area (Å²) in [6.07, 6.45) is 4.95. The van der Waals surface area contributed by atoms with Gasteiger partial charge in [0.2, 0.25) is 5.91 Å². The zero-order valence-electron chi connectivity index (χ0n) is 22.7. The van der Waals surface area contributed by atoms with Crippen LogP contribution in [0.1, 0.15) is 47.2 Å². The Labute approximate surface area is 257 Å². The highest BCUT2D eigenvalue weighted by atomic mass is 35.5. The minimum atomic E-state index is -4.27. The van der Waals surface area contributed by atoms with Crippen LogP contribution in [0.3, 0.4) is 0 Å². The molecule has 2 aromatic heterocycles. The van der Waals surface area contributed by atoms with Crippen molar-refractivity contribution in [1.29, 1.82) is 0 Å². The van der Waals surface area contributed by atoms with Crippen molar-refractivity contribution in [3.8, 4) is 0 Å². The first-order valence-corrected chi connectivity index (χ1v) is 16.1. The molecule has 1 saturated carbocycles. The van der Waals surface area contributed by atoms with Gasteiger partial charge in [-0.2, -0.15) is 9.61 Å². The van der Waals surface area contributed by atoms with Gasteiger partial charge in [0.1, 0.15) is 11.4 Å². The van der Waals surface area contributed by atoms with E-state index in [0.717, 1.165) is 6.20 Å². The number of hydrogen-bond acceptors (Lipinski definition) is 8.